The zero-order valence-electron chi connectivity index (χ0n) is 12.4. The first-order chi connectivity index (χ1) is 10.2. The molecule has 0 atom stereocenters. The Morgan fingerprint density at radius 1 is 1.29 bits per heavy atom. The summed E-state index contributed by atoms with van der Waals surface area (Å²) in [4.78, 5) is 4.88. The lowest BCUT2D eigenvalue weighted by Gasteiger charge is -2.08. The van der Waals surface area contributed by atoms with E-state index in [0.29, 0.717) is 5.92 Å². The summed E-state index contributed by atoms with van der Waals surface area (Å²) in [5.41, 5.74) is 9.61. The van der Waals surface area contributed by atoms with Crippen LogP contribution in [0.5, 0.6) is 5.75 Å². The minimum absolute atomic E-state index is 0.573. The molecule has 0 radical (unpaired) electrons. The Morgan fingerprint density at radius 3 is 2.90 bits per heavy atom. The summed E-state index contributed by atoms with van der Waals surface area (Å²) >= 11 is 0. The van der Waals surface area contributed by atoms with Gasteiger partial charge in [-0.05, 0) is 36.6 Å². The van der Waals surface area contributed by atoms with Crippen molar-refractivity contribution in [2.75, 3.05) is 12.3 Å². The molecular formula is C17H21N3O. The van der Waals surface area contributed by atoms with E-state index in [1.54, 1.807) is 0 Å². The highest BCUT2D eigenvalue weighted by Gasteiger charge is 2.25. The highest BCUT2D eigenvalue weighted by Crippen LogP contribution is 2.38. The van der Waals surface area contributed by atoms with Crippen LogP contribution in [0.2, 0.25) is 0 Å². The summed E-state index contributed by atoms with van der Waals surface area (Å²) in [6.07, 6.45) is 6.07. The van der Waals surface area contributed by atoms with Gasteiger partial charge in [-0.1, -0.05) is 12.8 Å². The molecule has 21 heavy (non-hydrogen) atoms. The first kappa shape index (κ1) is 12.7. The summed E-state index contributed by atoms with van der Waals surface area (Å²) in [5.74, 6) is 3.50. The van der Waals surface area contributed by atoms with Gasteiger partial charge in [0.2, 0.25) is 0 Å². The van der Waals surface area contributed by atoms with Gasteiger partial charge in [0.1, 0.15) is 23.1 Å². The Balaban J connectivity index is 1.76. The minimum atomic E-state index is 0.573. The van der Waals surface area contributed by atoms with Crippen molar-refractivity contribution in [2.45, 2.75) is 38.0 Å². The molecule has 2 aliphatic rings. The molecule has 0 bridgehead atoms. The van der Waals surface area contributed by atoms with Crippen LogP contribution in [0, 0.1) is 0 Å². The molecule has 0 spiro atoms. The number of hydrogen-bond acceptors (Lipinski definition) is 3. The molecule has 1 aliphatic carbocycles. The normalized spacial score (nSPS) is 18.0. The number of hydrogen-bond donors (Lipinski definition) is 1. The number of imidazole rings is 1. The molecule has 4 rings (SSSR count). The quantitative estimate of drug-likeness (QED) is 0.920. The van der Waals surface area contributed by atoms with Crippen molar-refractivity contribution in [1.82, 2.24) is 9.55 Å². The summed E-state index contributed by atoms with van der Waals surface area (Å²) in [6, 6.07) is 6.29. The topological polar surface area (TPSA) is 53.1 Å². The fourth-order valence-electron chi connectivity index (χ4n) is 3.62. The number of rotatable bonds is 2. The van der Waals surface area contributed by atoms with Crippen molar-refractivity contribution in [3.8, 4) is 17.0 Å². The smallest absolute Gasteiger partial charge is 0.131 e. The monoisotopic (exact) mass is 283 g/mol. The Morgan fingerprint density at radius 2 is 2.10 bits per heavy atom. The Hall–Kier alpha value is -1.97. The molecule has 4 nitrogen and oxygen atoms in total. The van der Waals surface area contributed by atoms with E-state index in [1.165, 1.54) is 31.2 Å². The molecule has 0 saturated heterocycles. The predicted octanol–water partition coefficient (Wildman–Crippen LogP) is 3.26. The van der Waals surface area contributed by atoms with Crippen LogP contribution in [0.3, 0.4) is 0 Å². The number of fused-ring (bicyclic) bond motifs is 1. The predicted molar refractivity (Wildman–Crippen MR) is 83.5 cm³/mol. The number of benzene rings is 1. The lowest BCUT2D eigenvalue weighted by Crippen LogP contribution is -2.05. The van der Waals surface area contributed by atoms with Crippen molar-refractivity contribution in [3.63, 3.8) is 0 Å². The van der Waals surface area contributed by atoms with Crippen LogP contribution in [-0.4, -0.2) is 16.2 Å². The van der Waals surface area contributed by atoms with Crippen LogP contribution < -0.4 is 10.5 Å². The molecule has 0 amide bonds. The average molecular weight is 283 g/mol. The summed E-state index contributed by atoms with van der Waals surface area (Å²) in [7, 11) is 2.04. The fourth-order valence-corrected chi connectivity index (χ4v) is 3.62. The van der Waals surface area contributed by atoms with E-state index < -0.39 is 0 Å². The number of nitrogens with zero attached hydrogens (tertiary/aromatic N) is 2. The molecule has 1 saturated carbocycles. The zero-order valence-corrected chi connectivity index (χ0v) is 12.4. The molecule has 1 aliphatic heterocycles. The molecule has 4 heteroatoms. The maximum atomic E-state index is 6.32. The Bertz CT molecular complexity index is 684. The van der Waals surface area contributed by atoms with Crippen LogP contribution in [0.1, 0.15) is 43.0 Å². The minimum Gasteiger partial charge on any atom is -0.493 e. The molecule has 1 aromatic heterocycles. The van der Waals surface area contributed by atoms with E-state index in [0.717, 1.165) is 41.7 Å². The van der Waals surface area contributed by atoms with Gasteiger partial charge in [0.25, 0.3) is 0 Å². The average Bonchev–Trinajstić information content (AvgIpc) is 3.21. The molecule has 110 valence electrons. The van der Waals surface area contributed by atoms with Gasteiger partial charge in [-0.2, -0.15) is 0 Å². The maximum absolute atomic E-state index is 6.32. The van der Waals surface area contributed by atoms with Crippen LogP contribution in [0.15, 0.2) is 18.2 Å². The molecule has 0 unspecified atom stereocenters. The lowest BCUT2D eigenvalue weighted by atomic mass is 10.1. The van der Waals surface area contributed by atoms with Crippen molar-refractivity contribution >= 4 is 5.82 Å². The van der Waals surface area contributed by atoms with Crippen LogP contribution in [0.25, 0.3) is 11.3 Å². The van der Waals surface area contributed by atoms with E-state index >= 15 is 0 Å². The second kappa shape index (κ2) is 4.79. The van der Waals surface area contributed by atoms with Gasteiger partial charge in [-0.15, -0.1) is 0 Å². The first-order valence-corrected chi connectivity index (χ1v) is 7.82. The van der Waals surface area contributed by atoms with Gasteiger partial charge < -0.3 is 15.0 Å². The third-order valence-electron chi connectivity index (χ3n) is 4.86. The number of nitrogens with two attached hydrogens (primary N) is 1. The Labute approximate surface area is 124 Å². The van der Waals surface area contributed by atoms with Crippen LogP contribution in [-0.2, 0) is 13.5 Å². The highest BCUT2D eigenvalue weighted by molar-refractivity contribution is 5.72. The standard InChI is InChI=1S/C17H21N3O/c1-20-16(18)15(19-17(20)11-4-2-3-5-11)13-6-7-14-12(10-13)8-9-21-14/h6-7,10-11H,2-5,8-9,18H2,1H3. The van der Waals surface area contributed by atoms with Crippen molar-refractivity contribution in [1.29, 1.82) is 0 Å². The number of aromatic nitrogens is 2. The molecular weight excluding hydrogens is 262 g/mol. The van der Waals surface area contributed by atoms with Gasteiger partial charge >= 0.3 is 0 Å². The van der Waals surface area contributed by atoms with E-state index in [9.17, 15) is 0 Å². The SMILES string of the molecule is Cn1c(C2CCCC2)nc(-c2ccc3c(c2)CCO3)c1N. The van der Waals surface area contributed by atoms with Crippen LogP contribution >= 0.6 is 0 Å². The summed E-state index contributed by atoms with van der Waals surface area (Å²) in [6.45, 7) is 0.782. The molecule has 2 heterocycles. The van der Waals surface area contributed by atoms with Gasteiger partial charge in [0.15, 0.2) is 0 Å². The van der Waals surface area contributed by atoms with Crippen molar-refractivity contribution in [3.05, 3.63) is 29.6 Å². The molecule has 1 fully saturated rings. The summed E-state index contributed by atoms with van der Waals surface area (Å²) in [5, 5.41) is 0. The van der Waals surface area contributed by atoms with Crippen molar-refractivity contribution < 1.29 is 4.74 Å². The van der Waals surface area contributed by atoms with E-state index in [-0.39, 0.29) is 0 Å². The van der Waals surface area contributed by atoms with E-state index in [2.05, 4.69) is 16.7 Å². The highest BCUT2D eigenvalue weighted by atomic mass is 16.5. The number of anilines is 1. The number of ether oxygens (including phenoxy) is 1. The molecule has 2 aromatic rings. The lowest BCUT2D eigenvalue weighted by molar-refractivity contribution is 0.357. The third-order valence-corrected chi connectivity index (χ3v) is 4.86. The van der Waals surface area contributed by atoms with Gasteiger partial charge in [-0.25, -0.2) is 4.98 Å². The molecule has 1 aromatic carbocycles. The second-order valence-corrected chi connectivity index (χ2v) is 6.17. The second-order valence-electron chi connectivity index (χ2n) is 6.17. The Kier molecular flexibility index (Phi) is 2.91. The van der Waals surface area contributed by atoms with E-state index in [4.69, 9.17) is 15.5 Å². The number of nitrogen functional groups attached to an aromatic ring is 1. The zero-order chi connectivity index (χ0) is 14.4. The van der Waals surface area contributed by atoms with Crippen molar-refractivity contribution in [2.24, 2.45) is 7.05 Å². The van der Waals surface area contributed by atoms with Gasteiger partial charge in [0.05, 0.1) is 6.61 Å². The fraction of sp³-hybridized carbons (Fsp3) is 0.471. The third kappa shape index (κ3) is 2.01. The maximum Gasteiger partial charge on any atom is 0.131 e. The van der Waals surface area contributed by atoms with E-state index in [1.807, 2.05) is 13.1 Å². The van der Waals surface area contributed by atoms with Crippen LogP contribution in [0.4, 0.5) is 5.82 Å². The molecule has 2 N–H and O–H groups in total. The summed E-state index contributed by atoms with van der Waals surface area (Å²) < 4.78 is 7.65. The van der Waals surface area contributed by atoms with Gasteiger partial charge in [0, 0.05) is 24.9 Å². The van der Waals surface area contributed by atoms with Gasteiger partial charge in [-0.3, -0.25) is 0 Å². The largest absolute Gasteiger partial charge is 0.493 e. The first-order valence-electron chi connectivity index (χ1n) is 7.82.